The van der Waals surface area contributed by atoms with Gasteiger partial charge in [0.15, 0.2) is 0 Å². The quantitative estimate of drug-likeness (QED) is 0.00555. The van der Waals surface area contributed by atoms with Gasteiger partial charge in [0, 0.05) is 118 Å². The molecule has 5 aromatic heterocycles. The van der Waals surface area contributed by atoms with Gasteiger partial charge in [0.25, 0.3) is 0 Å². The van der Waals surface area contributed by atoms with Gasteiger partial charge in [-0.1, -0.05) is 49.1 Å². The Morgan fingerprint density at radius 3 is 0.971 bits per heavy atom. The number of fused-ring (bicyclic) bond motifs is 5. The first-order valence-corrected chi connectivity index (χ1v) is 47.4. The zero-order valence-corrected chi connectivity index (χ0v) is 79.9. The van der Waals surface area contributed by atoms with Crippen LogP contribution in [0.5, 0.6) is 0 Å². The molecule has 5 aliphatic carbocycles. The van der Waals surface area contributed by atoms with Crippen LogP contribution < -0.4 is 27.1 Å². The largest absolute Gasteiger partial charge is 0.481 e. The lowest BCUT2D eigenvalue weighted by Gasteiger charge is -2.12. The number of ether oxygens (including phenoxy) is 7. The minimum atomic E-state index is -4.67. The topological polar surface area (TPSA) is 613 Å². The van der Waals surface area contributed by atoms with Gasteiger partial charge in [0.1, 0.15) is 27.8 Å². The summed E-state index contributed by atoms with van der Waals surface area (Å²) in [5.41, 5.74) is 4.70. The van der Waals surface area contributed by atoms with E-state index in [0.717, 1.165) is 150 Å². The summed E-state index contributed by atoms with van der Waals surface area (Å²) in [6.45, 7) is 12.4. The van der Waals surface area contributed by atoms with Crippen molar-refractivity contribution in [3.05, 3.63) is 258 Å². The standard InChI is InChI=1S/C21H24N2O5.C21H25NO7.C18H21NO5.C18H19NO5.C13H10INO3.C5H10O2.C3H3N.H2O4S.H2O/c22-8-2-10-28-12-11-27-9-1-3-15-4-7-19-17(13-15)20(24)18(21(25)26)14-23(19)16-5-6-16;23-19(24)7-9-29-11-10-28-8-1-2-14-3-6-18-16(12-14)20(25)17(21(26)27)13-22(18)15-4-5-15;2*20-7-9-24-8-1-2-12-3-6-16-14(10-12)17(21)15(18(22)23)11-19(16)13-4-5-13;14-7-1-4-11-9(5-7)12(16)10(13(17)18)6-15(11)8-2-3-8;1-2-4-7-5-3-6;1-2-3-4;1-5(2,3)4;/h4,7,13-14,16H,1-3,5-6,9-12H2,(H,25,26);3,6,12-13,15H,1-2,4-5,7-11H2,(H,23,24)(H,26,27);3,6,10-11,13,20H,1-2,4-5,7-9H2,(H,22,23);1-3,6,10-11,13,20H,4-5,7-9H2,(H,22,23);1,4-6,8H,2-3H2,(H,17,18);2,6H,1,3-5H2;2H,1H2;(H2,1,2,3,4);1H2/b;;;2-1+;;;;;. The molecule has 10 aromatic rings. The average Bonchev–Trinajstić information content (AvgIpc) is 1.66. The summed E-state index contributed by atoms with van der Waals surface area (Å²) in [4.78, 5) is 129. The average molecular weight is 2080 g/mol. The van der Waals surface area contributed by atoms with Gasteiger partial charge in [-0.3, -0.25) is 37.9 Å². The molecule has 140 heavy (non-hydrogen) atoms. The molecule has 0 saturated heterocycles. The maximum atomic E-state index is 12.6. The Morgan fingerprint density at radius 1 is 0.400 bits per heavy atom. The molecule has 5 fully saturated rings. The summed E-state index contributed by atoms with van der Waals surface area (Å²) >= 11 is 2.12. The summed E-state index contributed by atoms with van der Waals surface area (Å²) in [7, 11) is -4.67. The highest BCUT2D eigenvalue weighted by atomic mass is 127. The number of aromatic nitrogens is 5. The number of carboxylic acids is 6. The maximum Gasteiger partial charge on any atom is 0.394 e. The number of nitriles is 2. The first-order valence-electron chi connectivity index (χ1n) is 44.9. The number of hydrogen-bond donors (Lipinski definition) is 11. The van der Waals surface area contributed by atoms with Gasteiger partial charge in [0.05, 0.1) is 145 Å². The minimum absolute atomic E-state index is 0. The van der Waals surface area contributed by atoms with E-state index in [2.05, 4.69) is 35.7 Å². The van der Waals surface area contributed by atoms with Crippen molar-refractivity contribution in [1.82, 2.24) is 22.8 Å². The van der Waals surface area contributed by atoms with E-state index in [1.54, 1.807) is 42.5 Å². The van der Waals surface area contributed by atoms with Gasteiger partial charge < -0.3 is 107 Å². The Labute approximate surface area is 817 Å². The lowest BCUT2D eigenvalue weighted by molar-refractivity contribution is -0.138. The third kappa shape index (κ3) is 36.8. The van der Waals surface area contributed by atoms with Gasteiger partial charge >= 0.3 is 46.2 Å². The number of rotatable bonds is 44. The highest BCUT2D eigenvalue weighted by Crippen LogP contribution is 2.41. The number of aryl methyl sites for hydroxylation is 3. The zero-order chi connectivity index (χ0) is 101. The molecule has 15 rings (SSSR count). The van der Waals surface area contributed by atoms with Crippen LogP contribution in [-0.4, -0.2) is 240 Å². The normalized spacial score (nSPS) is 13.3. The monoisotopic (exact) mass is 2070 g/mol. The number of carbonyl (C=O) groups is 6. The van der Waals surface area contributed by atoms with Crippen LogP contribution in [0.2, 0.25) is 0 Å². The van der Waals surface area contributed by atoms with Crippen molar-refractivity contribution in [3.8, 4) is 12.1 Å². The first-order chi connectivity index (χ1) is 66.7. The number of pyridine rings is 5. The number of nitrogens with zero attached hydrogens (tertiary/aromatic N) is 7. The molecule has 39 nitrogen and oxygen atoms in total. The fraction of sp³-hybridized carbons (Fsp3) is 0.404. The van der Waals surface area contributed by atoms with Gasteiger partial charge in [0.2, 0.25) is 27.1 Å². The van der Waals surface area contributed by atoms with Crippen molar-refractivity contribution in [1.29, 1.82) is 10.5 Å². The molecule has 5 heterocycles. The number of aliphatic hydroxyl groups is 3. The number of aromatic carboxylic acids is 5. The van der Waals surface area contributed by atoms with E-state index in [0.29, 0.717) is 131 Å². The van der Waals surface area contributed by atoms with E-state index < -0.39 is 73.4 Å². The fourth-order valence-electron chi connectivity index (χ4n) is 14.4. The van der Waals surface area contributed by atoms with E-state index in [4.69, 9.17) is 86.7 Å². The number of allylic oxidation sites excluding steroid dienone is 1. The number of aliphatic carboxylic acids is 1. The van der Waals surface area contributed by atoms with Crippen LogP contribution in [0.4, 0.5) is 0 Å². The summed E-state index contributed by atoms with van der Waals surface area (Å²) < 4.78 is 78.6. The predicted octanol–water partition coefficient (Wildman–Crippen LogP) is 11.5. The summed E-state index contributed by atoms with van der Waals surface area (Å²) in [5.74, 6) is -6.81. The molecule has 0 bridgehead atoms. The van der Waals surface area contributed by atoms with E-state index in [9.17, 15) is 73.2 Å². The molecule has 0 unspecified atom stereocenters. The molecule has 5 aromatic carbocycles. The Kier molecular flexibility index (Phi) is 47.7. The van der Waals surface area contributed by atoms with Crippen LogP contribution in [0.3, 0.4) is 0 Å². The Morgan fingerprint density at radius 2 is 0.679 bits per heavy atom. The molecular weight excluding hydrogens is 1960 g/mol. The van der Waals surface area contributed by atoms with Crippen molar-refractivity contribution >= 4 is 129 Å². The molecular formula is C99H116IN7O32S. The predicted molar refractivity (Wildman–Crippen MR) is 527 cm³/mol. The molecule has 13 N–H and O–H groups in total. The Balaban J connectivity index is 0.000000229. The van der Waals surface area contributed by atoms with E-state index in [-0.39, 0.29) is 90.9 Å². The second-order valence-corrected chi connectivity index (χ2v) is 34.4. The summed E-state index contributed by atoms with van der Waals surface area (Å²) in [6, 6.07) is 33.3. The smallest absolute Gasteiger partial charge is 0.394 e. The van der Waals surface area contributed by atoms with Crippen LogP contribution in [0.15, 0.2) is 177 Å². The van der Waals surface area contributed by atoms with Crippen LogP contribution in [-0.2, 0) is 67.6 Å². The van der Waals surface area contributed by atoms with Gasteiger partial charge in [-0.2, -0.15) is 18.9 Å². The molecule has 5 aliphatic rings. The molecule has 5 saturated carbocycles. The molecule has 0 spiro atoms. The SMILES string of the molecule is C=CC#N.C=CCOCCO.N#CCCOCCOCCCc1ccc2c(c1)c(=O)c(C(=O)O)cn2C1CC1.O.O=C(O)CCOCCOCCCc1ccc2c(c1)c(=O)c(C(=O)O)cn2C1CC1.O=C(O)c1cn(C2CC2)c2ccc(/C=C/COCCO)cc2c1=O.O=C(O)c1cn(C2CC2)c2ccc(CCCOCCO)cc2c1=O.O=C(O)c1cn(C2CC2)c2ccc(I)cc2c1=O.O=S(=O)(O)O. The molecule has 752 valence electrons. The number of halogens is 1. The number of hydrogen-bond acceptors (Lipinski definition) is 25. The van der Waals surface area contributed by atoms with Crippen molar-refractivity contribution < 1.29 is 131 Å². The number of aliphatic hydroxyl groups excluding tert-OH is 3. The summed E-state index contributed by atoms with van der Waals surface area (Å²) in [5, 5.41) is 98.6. The van der Waals surface area contributed by atoms with Crippen molar-refractivity contribution in [2.45, 2.75) is 146 Å². The van der Waals surface area contributed by atoms with Crippen LogP contribution in [0.25, 0.3) is 60.6 Å². The third-order valence-electron chi connectivity index (χ3n) is 21.6. The first kappa shape index (κ1) is 114. The highest BCUT2D eigenvalue weighted by Gasteiger charge is 2.32. The molecule has 0 atom stereocenters. The van der Waals surface area contributed by atoms with E-state index in [1.807, 2.05) is 102 Å². The second-order valence-electron chi connectivity index (χ2n) is 32.3. The van der Waals surface area contributed by atoms with Gasteiger partial charge in [-0.05, 0) is 214 Å². The van der Waals surface area contributed by atoms with Crippen molar-refractivity contribution in [3.63, 3.8) is 0 Å². The number of carboxylic acid groups (broad SMARTS) is 6. The fourth-order valence-corrected chi connectivity index (χ4v) is 14.9. The Bertz CT molecular complexity index is 6520. The minimum Gasteiger partial charge on any atom is -0.481 e. The highest BCUT2D eigenvalue weighted by molar-refractivity contribution is 14.1. The summed E-state index contributed by atoms with van der Waals surface area (Å²) in [6.07, 6.45) is 28.8. The lowest BCUT2D eigenvalue weighted by Crippen LogP contribution is -2.18. The maximum absolute atomic E-state index is 12.6. The van der Waals surface area contributed by atoms with Crippen LogP contribution in [0, 0.1) is 26.2 Å². The second kappa shape index (κ2) is 58.4. The van der Waals surface area contributed by atoms with Crippen molar-refractivity contribution in [2.75, 3.05) is 112 Å². The molecule has 0 amide bonds. The number of benzene rings is 5. The van der Waals surface area contributed by atoms with Gasteiger partial charge in [-0.25, -0.2) is 24.0 Å². The Hall–Kier alpha value is -12.7. The lowest BCUT2D eigenvalue weighted by atomic mass is 10.0. The molecule has 41 heteroatoms. The van der Waals surface area contributed by atoms with Crippen LogP contribution >= 0.6 is 22.6 Å². The van der Waals surface area contributed by atoms with E-state index in [1.165, 1.54) is 37.1 Å². The molecule has 0 radical (unpaired) electrons. The van der Waals surface area contributed by atoms with Crippen LogP contribution in [0.1, 0.15) is 201 Å². The van der Waals surface area contributed by atoms with Gasteiger partial charge in [-0.15, -0.1) is 6.58 Å². The van der Waals surface area contributed by atoms with E-state index >= 15 is 0 Å². The van der Waals surface area contributed by atoms with Crippen molar-refractivity contribution in [2.24, 2.45) is 0 Å². The molecule has 0 aliphatic heterocycles. The zero-order valence-electron chi connectivity index (χ0n) is 76.9. The third-order valence-corrected chi connectivity index (χ3v) is 22.2.